The third-order valence-electron chi connectivity index (χ3n) is 10.9. The Morgan fingerprint density at radius 3 is 0.263 bits per heavy atom. The van der Waals surface area contributed by atoms with E-state index in [9.17, 15) is 118 Å². The van der Waals surface area contributed by atoms with Crippen LogP contribution < -0.4 is 51.1 Å². The quantitative estimate of drug-likeness (QED) is 0.0937. The SMILES string of the molecule is CN(C)C=O.CN(C)C=O.CN(C)C=O.CN(C)C=O.O=C([O-])c1ccccc1.O=C([O-])c1ccccc1.O=C([O-])c1ccccc1.O=C([O-])c1ccccc1.O=C([O-])c1ccccc1.O=C([O-])c1ccccc1.O=C([O-])c1ccccc1.O=C([O-])c1ccccc1.O=C([O-])c1ccccc1.O=C([O-])c1ccccc1.[Mn+2].[Mn+2].[Ni+2].[Ni+2].[Ni+3].[Ni+3].[O-2].[O-2]. The Morgan fingerprint density at radius 1 is 0.186 bits per heavy atom. The molecule has 0 unspecified atom stereocenters. The Bertz CT molecular complexity index is 3330. The topological polar surface area (TPSA) is 540 Å². The third kappa shape index (κ3) is 81.7. The molecule has 4 amide bonds. The zero-order valence-corrected chi connectivity index (χ0v) is 69.9. The summed E-state index contributed by atoms with van der Waals surface area (Å²) in [6.45, 7) is 0. The van der Waals surface area contributed by atoms with E-state index in [0.29, 0.717) is 0 Å². The number of hydrogen-bond acceptors (Lipinski definition) is 24. The molecule has 10 aromatic rings. The molecule has 0 heterocycles. The van der Waals surface area contributed by atoms with E-state index in [1.165, 1.54) is 141 Å². The first-order valence-corrected chi connectivity index (χ1v) is 31.2. The summed E-state index contributed by atoms with van der Waals surface area (Å²) in [5.74, 6) is -11.3. The maximum absolute atomic E-state index is 10.1. The summed E-state index contributed by atoms with van der Waals surface area (Å²) < 4.78 is 0. The van der Waals surface area contributed by atoms with Gasteiger partial charge in [-0.1, -0.05) is 303 Å². The minimum Gasteiger partial charge on any atom is -2.00 e. The van der Waals surface area contributed by atoms with Crippen molar-refractivity contribution < 1.29 is 229 Å². The van der Waals surface area contributed by atoms with Crippen LogP contribution in [0.4, 0.5) is 0 Å². The van der Waals surface area contributed by atoms with Crippen LogP contribution in [0.5, 0.6) is 0 Å². The molecule has 0 aliphatic rings. The number of hydrogen-bond donors (Lipinski definition) is 0. The molecule has 0 aliphatic carbocycles. The van der Waals surface area contributed by atoms with E-state index in [4.69, 9.17) is 0 Å². The minimum atomic E-state index is -1.13. The predicted molar refractivity (Wildman–Crippen MR) is 388 cm³/mol. The van der Waals surface area contributed by atoms with Crippen LogP contribution >= 0.6 is 0 Å². The van der Waals surface area contributed by atoms with Crippen molar-refractivity contribution >= 4 is 85.3 Å². The van der Waals surface area contributed by atoms with Crippen molar-refractivity contribution in [1.82, 2.24) is 19.6 Å². The Balaban J connectivity index is -0.000000103. The normalized spacial score (nSPS) is 7.93. The van der Waals surface area contributed by atoms with Gasteiger partial charge >= 0.3 is 100 Å². The van der Waals surface area contributed by atoms with Gasteiger partial charge in [-0.05, 0) is 55.6 Å². The molecule has 118 heavy (non-hydrogen) atoms. The molecule has 0 spiro atoms. The zero-order chi connectivity index (χ0) is 84.0. The van der Waals surface area contributed by atoms with Crippen LogP contribution in [0.2, 0.25) is 0 Å². The van der Waals surface area contributed by atoms with Gasteiger partial charge < -0.3 is 130 Å². The van der Waals surface area contributed by atoms with Gasteiger partial charge in [0.25, 0.3) is 0 Å². The number of nitrogens with zero attached hydrogens (tertiary/aromatic N) is 4. The van der Waals surface area contributed by atoms with Crippen LogP contribution in [0.3, 0.4) is 0 Å². The van der Waals surface area contributed by atoms with Crippen LogP contribution in [0, 0.1) is 0 Å². The molecule has 10 aromatic carbocycles. The van der Waals surface area contributed by atoms with Crippen LogP contribution in [0.15, 0.2) is 303 Å². The molecule has 0 fully saturated rings. The average molecular weight is 1880 g/mol. The van der Waals surface area contributed by atoms with E-state index in [1.54, 1.807) is 238 Å². The second-order valence-electron chi connectivity index (χ2n) is 20.8. The molecule has 0 saturated heterocycles. The Labute approximate surface area is 744 Å². The zero-order valence-electron chi connectivity index (χ0n) is 63.6. The Kier molecular flexibility index (Phi) is 97.4. The molecule has 0 atom stereocenters. The number of carbonyl (C=O) groups excluding carboxylic acids is 14. The van der Waals surface area contributed by atoms with Gasteiger partial charge in [0, 0.05) is 56.4 Å². The maximum atomic E-state index is 10.1. The number of benzene rings is 10. The summed E-state index contributed by atoms with van der Waals surface area (Å²) >= 11 is 0. The number of aromatic carboxylic acids is 10. The van der Waals surface area contributed by atoms with Crippen LogP contribution in [-0.2, 0) is 130 Å². The Morgan fingerprint density at radius 2 is 0.237 bits per heavy atom. The van der Waals surface area contributed by atoms with E-state index in [1.807, 2.05) is 0 Å². The number of amides is 4. The van der Waals surface area contributed by atoms with Gasteiger partial charge in [-0.25, -0.2) is 0 Å². The standard InChI is InChI=1S/10C7H6O2.4C3H7NO.2Mn.4Ni.2O/c10*8-7(9)6-4-2-1-3-5-6;4*1-4(2)3-5;;;;;;;;/h10*1-5H,(H,8,9);4*3H,1-2H3;;;;;;;;/q;;;;;;;;;;;;;;4*+2;2*+3;2*-2/p-10. The van der Waals surface area contributed by atoms with Crippen molar-refractivity contribution in [3.05, 3.63) is 359 Å². The van der Waals surface area contributed by atoms with Gasteiger partial charge in [-0.3, -0.25) is 19.2 Å². The van der Waals surface area contributed by atoms with Crippen LogP contribution in [0.1, 0.15) is 104 Å². The molecule has 36 heteroatoms. The van der Waals surface area contributed by atoms with Gasteiger partial charge in [-0.2, -0.15) is 0 Å². The molecule has 10 rings (SSSR count). The molecular weight excluding hydrogens is 1800 g/mol. The smallest absolute Gasteiger partial charge is 2.00 e. The summed E-state index contributed by atoms with van der Waals surface area (Å²) in [7, 11) is 13.5. The fourth-order valence-electron chi connectivity index (χ4n) is 5.74. The molecular formula is C82H78Mn2N4Ni4O26. The van der Waals surface area contributed by atoms with Gasteiger partial charge in [0.2, 0.25) is 25.6 Å². The van der Waals surface area contributed by atoms with Gasteiger partial charge in [0.15, 0.2) is 0 Å². The fraction of sp³-hybridized carbons (Fsp3) is 0.0976. The summed E-state index contributed by atoms with van der Waals surface area (Å²) in [5.41, 5.74) is 2.20. The van der Waals surface area contributed by atoms with Crippen molar-refractivity contribution in [2.45, 2.75) is 0 Å². The van der Waals surface area contributed by atoms with E-state index in [0.717, 1.165) is 25.6 Å². The molecule has 0 aromatic heterocycles. The fourth-order valence-corrected chi connectivity index (χ4v) is 5.74. The molecule has 4 radical (unpaired) electrons. The summed E-state index contributed by atoms with van der Waals surface area (Å²) in [4.78, 5) is 144. The van der Waals surface area contributed by atoms with E-state index in [2.05, 4.69) is 0 Å². The molecule has 636 valence electrons. The van der Waals surface area contributed by atoms with Crippen molar-refractivity contribution in [2.75, 3.05) is 56.4 Å². The maximum Gasteiger partial charge on any atom is 3.00 e. The summed E-state index contributed by atoms with van der Waals surface area (Å²) in [5, 5.41) is 101. The number of carboxylic acid groups (broad SMARTS) is 10. The van der Waals surface area contributed by atoms with E-state index in [-0.39, 0.29) is 167 Å². The van der Waals surface area contributed by atoms with Crippen molar-refractivity contribution in [3.63, 3.8) is 0 Å². The molecule has 30 nitrogen and oxygen atoms in total. The second-order valence-corrected chi connectivity index (χ2v) is 20.8. The largest absolute Gasteiger partial charge is 3.00 e. The van der Waals surface area contributed by atoms with Crippen molar-refractivity contribution in [3.8, 4) is 0 Å². The first kappa shape index (κ1) is 132. The third-order valence-corrected chi connectivity index (χ3v) is 10.9. The number of carbonyl (C=O) groups is 14. The number of rotatable bonds is 14. The van der Waals surface area contributed by atoms with Crippen molar-refractivity contribution in [2.24, 2.45) is 0 Å². The Hall–Kier alpha value is -12.3. The average Bonchev–Trinajstić information content (AvgIpc) is 1.03. The first-order valence-electron chi connectivity index (χ1n) is 31.2. The number of carboxylic acids is 10. The van der Waals surface area contributed by atoms with Gasteiger partial charge in [0.05, 0.1) is 59.7 Å². The summed E-state index contributed by atoms with van der Waals surface area (Å²) in [6, 6.07) is 80.6. The predicted octanol–water partition coefficient (Wildman–Crippen LogP) is -0.934. The minimum absolute atomic E-state index is 0. The van der Waals surface area contributed by atoms with Gasteiger partial charge in [-0.15, -0.1) is 0 Å². The summed E-state index contributed by atoms with van der Waals surface area (Å²) in [6.07, 6.45) is 3.00. The van der Waals surface area contributed by atoms with Crippen LogP contribution in [0.25, 0.3) is 0 Å². The van der Waals surface area contributed by atoms with E-state index >= 15 is 0 Å². The monoisotopic (exact) mass is 1880 g/mol. The molecule has 0 N–H and O–H groups in total. The molecule has 0 bridgehead atoms. The molecule has 0 saturated carbocycles. The second kappa shape index (κ2) is 87.1. The van der Waals surface area contributed by atoms with Crippen molar-refractivity contribution in [1.29, 1.82) is 0 Å². The first-order chi connectivity index (χ1) is 52.1. The van der Waals surface area contributed by atoms with Gasteiger partial charge in [0.1, 0.15) is 0 Å². The van der Waals surface area contributed by atoms with Crippen LogP contribution in [-0.4, -0.2) is 161 Å². The molecule has 0 aliphatic heterocycles. The van der Waals surface area contributed by atoms with E-state index < -0.39 is 59.7 Å².